The summed E-state index contributed by atoms with van der Waals surface area (Å²) < 4.78 is 0. The maximum absolute atomic E-state index is 9.69. The summed E-state index contributed by atoms with van der Waals surface area (Å²) in [7, 11) is 8.85. The van der Waals surface area contributed by atoms with Gasteiger partial charge in [0.25, 0.3) is 0 Å². The van der Waals surface area contributed by atoms with E-state index in [9.17, 15) is 5.11 Å². The molecule has 3 aliphatic rings. The molecule has 0 aromatic heterocycles. The van der Waals surface area contributed by atoms with Crippen LogP contribution in [0.1, 0.15) is 19.3 Å². The topological polar surface area (TPSA) is 23.5 Å². The van der Waals surface area contributed by atoms with Gasteiger partial charge < -0.3 is 10.0 Å². The Morgan fingerprint density at radius 3 is 3.18 bits per heavy atom. The lowest BCUT2D eigenvalue weighted by Crippen LogP contribution is -2.37. The van der Waals surface area contributed by atoms with Gasteiger partial charge in [-0.1, -0.05) is 17.8 Å². The van der Waals surface area contributed by atoms with E-state index in [1.165, 1.54) is 13.0 Å². The van der Waals surface area contributed by atoms with Crippen molar-refractivity contribution in [3.63, 3.8) is 0 Å². The van der Waals surface area contributed by atoms with Crippen molar-refractivity contribution < 1.29 is 5.11 Å². The highest BCUT2D eigenvalue weighted by Gasteiger charge is 2.45. The molecule has 2 nitrogen and oxygen atoms in total. The molecule has 2 fully saturated rings. The van der Waals surface area contributed by atoms with Gasteiger partial charge in [0.1, 0.15) is 5.76 Å². The van der Waals surface area contributed by atoms with Crippen molar-refractivity contribution in [3.05, 3.63) is 24.0 Å². The van der Waals surface area contributed by atoms with Gasteiger partial charge >= 0.3 is 0 Å². The van der Waals surface area contributed by atoms with E-state index in [1.54, 1.807) is 0 Å². The van der Waals surface area contributed by atoms with Gasteiger partial charge in [0.05, 0.1) is 7.85 Å². The van der Waals surface area contributed by atoms with Gasteiger partial charge in [-0.2, -0.15) is 0 Å². The summed E-state index contributed by atoms with van der Waals surface area (Å²) in [6, 6.07) is 0. The highest BCUT2D eigenvalue weighted by atomic mass is 16.3. The lowest BCUT2D eigenvalue weighted by molar-refractivity contribution is 0.178. The first-order valence-electron chi connectivity index (χ1n) is 6.63. The summed E-state index contributed by atoms with van der Waals surface area (Å²) >= 11 is 0. The first-order chi connectivity index (χ1) is 8.07. The van der Waals surface area contributed by atoms with Crippen molar-refractivity contribution in [2.24, 2.45) is 17.8 Å². The van der Waals surface area contributed by atoms with Crippen molar-refractivity contribution in [1.29, 1.82) is 0 Å². The van der Waals surface area contributed by atoms with E-state index in [-0.39, 0.29) is 5.31 Å². The molecule has 0 amide bonds. The molecule has 1 saturated carbocycles. The molecule has 2 radical (unpaired) electrons. The minimum absolute atomic E-state index is 0.114. The van der Waals surface area contributed by atoms with Crippen LogP contribution in [0.2, 0.25) is 5.31 Å². The molecule has 90 valence electrons. The fourth-order valence-corrected chi connectivity index (χ4v) is 4.00. The Morgan fingerprint density at radius 1 is 1.53 bits per heavy atom. The Balaban J connectivity index is 1.93. The van der Waals surface area contributed by atoms with E-state index < -0.39 is 0 Å². The van der Waals surface area contributed by atoms with Crippen LogP contribution in [-0.2, 0) is 0 Å². The number of hydrogen-bond donors (Lipinski definition) is 1. The van der Waals surface area contributed by atoms with Crippen molar-refractivity contribution in [2.75, 3.05) is 20.1 Å². The van der Waals surface area contributed by atoms with E-state index in [0.717, 1.165) is 19.4 Å². The molecule has 3 heteroatoms. The number of rotatable bonds is 0. The number of aliphatic hydroxyl groups excluding tert-OH is 1. The third-order valence-corrected chi connectivity index (χ3v) is 4.79. The number of nitrogens with zero attached hydrogens (tertiary/aromatic N) is 1. The van der Waals surface area contributed by atoms with Crippen LogP contribution < -0.4 is 0 Å². The van der Waals surface area contributed by atoms with Gasteiger partial charge in [-0.15, -0.1) is 0 Å². The second-order valence-corrected chi connectivity index (χ2v) is 6.19. The predicted octanol–water partition coefficient (Wildman–Crippen LogP) is 2.30. The van der Waals surface area contributed by atoms with Crippen molar-refractivity contribution >= 4 is 7.85 Å². The fraction of sp³-hybridized carbons (Fsp3) is 0.714. The molecule has 1 aliphatic heterocycles. The zero-order valence-corrected chi connectivity index (χ0v) is 10.5. The minimum atomic E-state index is -0.114. The Hall–Kier alpha value is -0.695. The maximum Gasteiger partial charge on any atom is 0.111 e. The molecular weight excluding hydrogens is 209 g/mol. The van der Waals surface area contributed by atoms with Crippen LogP contribution in [0.5, 0.6) is 0 Å². The number of fused-ring (bicyclic) bond motifs is 4. The fourth-order valence-electron chi connectivity index (χ4n) is 4.00. The molecule has 3 rings (SSSR count). The second kappa shape index (κ2) is 3.91. The third kappa shape index (κ3) is 1.95. The van der Waals surface area contributed by atoms with Crippen molar-refractivity contribution in [3.8, 4) is 0 Å². The summed E-state index contributed by atoms with van der Waals surface area (Å²) in [5.74, 6) is 1.97. The zero-order valence-electron chi connectivity index (χ0n) is 10.5. The quantitative estimate of drug-likeness (QED) is 0.644. The van der Waals surface area contributed by atoms with Crippen molar-refractivity contribution in [1.82, 2.24) is 4.90 Å². The van der Waals surface area contributed by atoms with Crippen LogP contribution in [-0.4, -0.2) is 38.0 Å². The summed E-state index contributed by atoms with van der Waals surface area (Å²) in [6.07, 6.45) is 9.36. The van der Waals surface area contributed by atoms with E-state index in [1.807, 2.05) is 12.2 Å². The Morgan fingerprint density at radius 2 is 2.35 bits per heavy atom. The highest BCUT2D eigenvalue weighted by Crippen LogP contribution is 2.55. The summed E-state index contributed by atoms with van der Waals surface area (Å²) in [5, 5.41) is 9.58. The minimum Gasteiger partial charge on any atom is -0.508 e. The Kier molecular flexibility index (Phi) is 2.62. The molecule has 0 aromatic rings. The SMILES string of the molecule is [B]C12CCN(C)CC(CC3C=CC(O)=CC31)C2. The lowest BCUT2D eigenvalue weighted by atomic mass is 9.48. The standard InChI is InChI=1S/C14H20BNO/c1-16-5-4-14(15)8-10(9-16)6-11-2-3-12(17)7-13(11)14/h2-3,7,10-11,13,17H,4-6,8-9H2,1H3. The first kappa shape index (κ1) is 11.4. The molecule has 1 saturated heterocycles. The maximum atomic E-state index is 9.69. The van der Waals surface area contributed by atoms with Crippen molar-refractivity contribution in [2.45, 2.75) is 24.6 Å². The number of likely N-dealkylation sites (tertiary alicyclic amines) is 1. The molecule has 1 N–H and O–H groups in total. The molecule has 2 aliphatic carbocycles. The van der Waals surface area contributed by atoms with Crippen LogP contribution in [0.4, 0.5) is 0 Å². The molecule has 4 atom stereocenters. The van der Waals surface area contributed by atoms with E-state index in [2.05, 4.69) is 18.0 Å². The Labute approximate surface area is 105 Å². The van der Waals surface area contributed by atoms with E-state index in [0.29, 0.717) is 23.5 Å². The zero-order chi connectivity index (χ0) is 12.0. The monoisotopic (exact) mass is 229 g/mol. The average Bonchev–Trinajstić information content (AvgIpc) is 2.39. The molecular formula is C14H20BNO. The largest absolute Gasteiger partial charge is 0.508 e. The van der Waals surface area contributed by atoms with Gasteiger partial charge in [-0.25, -0.2) is 0 Å². The summed E-state index contributed by atoms with van der Waals surface area (Å²) in [6.45, 7) is 2.25. The van der Waals surface area contributed by atoms with Gasteiger partial charge in [-0.05, 0) is 56.3 Å². The first-order valence-corrected chi connectivity index (χ1v) is 6.63. The number of aliphatic hydroxyl groups is 1. The van der Waals surface area contributed by atoms with E-state index >= 15 is 0 Å². The Bertz CT molecular complexity index is 378. The highest BCUT2D eigenvalue weighted by molar-refractivity contribution is 6.15. The smallest absolute Gasteiger partial charge is 0.111 e. The predicted molar refractivity (Wildman–Crippen MR) is 70.1 cm³/mol. The normalized spacial score (nSPS) is 45.9. The van der Waals surface area contributed by atoms with Gasteiger partial charge in [0.15, 0.2) is 0 Å². The third-order valence-electron chi connectivity index (χ3n) is 4.79. The average molecular weight is 229 g/mol. The summed E-state index contributed by atoms with van der Waals surface area (Å²) in [4.78, 5) is 2.41. The molecule has 4 unspecified atom stereocenters. The van der Waals surface area contributed by atoms with Crippen LogP contribution in [0.3, 0.4) is 0 Å². The van der Waals surface area contributed by atoms with Crippen LogP contribution in [0.25, 0.3) is 0 Å². The van der Waals surface area contributed by atoms with E-state index in [4.69, 9.17) is 7.85 Å². The van der Waals surface area contributed by atoms with Crippen LogP contribution >= 0.6 is 0 Å². The number of allylic oxidation sites excluding steroid dienone is 3. The molecule has 1 heterocycles. The second-order valence-electron chi connectivity index (χ2n) is 6.19. The number of hydrogen-bond acceptors (Lipinski definition) is 2. The molecule has 17 heavy (non-hydrogen) atoms. The molecule has 2 bridgehead atoms. The van der Waals surface area contributed by atoms with Gasteiger partial charge in [0.2, 0.25) is 0 Å². The summed E-state index contributed by atoms with van der Waals surface area (Å²) in [5.41, 5.74) is 0. The lowest BCUT2D eigenvalue weighted by Gasteiger charge is -2.47. The molecule has 0 aromatic carbocycles. The van der Waals surface area contributed by atoms with Crippen LogP contribution in [0.15, 0.2) is 24.0 Å². The van der Waals surface area contributed by atoms with Gasteiger partial charge in [-0.3, -0.25) is 0 Å². The van der Waals surface area contributed by atoms with Crippen LogP contribution in [0, 0.1) is 17.8 Å². The van der Waals surface area contributed by atoms with Gasteiger partial charge in [0, 0.05) is 6.54 Å². The molecule has 0 spiro atoms.